The molecule has 0 aromatic heterocycles. The van der Waals surface area contributed by atoms with Crippen molar-refractivity contribution in [3.8, 4) is 0 Å². The maximum atomic E-state index is 12.7. The van der Waals surface area contributed by atoms with E-state index in [4.69, 9.17) is 4.74 Å². The third-order valence-electron chi connectivity index (χ3n) is 4.24. The molecule has 0 aliphatic carbocycles. The van der Waals surface area contributed by atoms with Crippen LogP contribution in [0.25, 0.3) is 0 Å². The van der Waals surface area contributed by atoms with E-state index in [1.54, 1.807) is 33.8 Å². The minimum Gasteiger partial charge on any atom is -0.443 e. The van der Waals surface area contributed by atoms with Crippen molar-refractivity contribution >= 4 is 17.8 Å². The van der Waals surface area contributed by atoms with E-state index in [0.29, 0.717) is 0 Å². The molecular weight excluding hydrogens is 318 g/mol. The molecule has 1 aromatic carbocycles. The van der Waals surface area contributed by atoms with Gasteiger partial charge in [-0.05, 0) is 40.2 Å². The molecular formula is C20H25NO4. The Labute approximate surface area is 148 Å². The van der Waals surface area contributed by atoms with Crippen molar-refractivity contribution in [1.82, 2.24) is 4.90 Å². The zero-order valence-electron chi connectivity index (χ0n) is 15.4. The number of Topliss-reactive ketones (excluding diaryl/α,β-unsaturated/α-hetero) is 1. The summed E-state index contributed by atoms with van der Waals surface area (Å²) in [5.41, 5.74) is -0.788. The predicted octanol–water partition coefficient (Wildman–Crippen LogP) is 3.84. The molecule has 0 radical (unpaired) electrons. The molecule has 2 atom stereocenters. The molecule has 2 amide bonds. The quantitative estimate of drug-likeness (QED) is 0.833. The first-order valence-corrected chi connectivity index (χ1v) is 8.35. The van der Waals surface area contributed by atoms with Crippen LogP contribution in [0, 0.1) is 0 Å². The molecule has 0 N–H and O–H groups in total. The average Bonchev–Trinajstić information content (AvgIpc) is 2.80. The van der Waals surface area contributed by atoms with Crippen LogP contribution in [0.4, 0.5) is 4.79 Å². The lowest BCUT2D eigenvalue weighted by Crippen LogP contribution is -2.53. The molecule has 5 heteroatoms. The van der Waals surface area contributed by atoms with Crippen LogP contribution in [0.2, 0.25) is 0 Å². The third-order valence-corrected chi connectivity index (χ3v) is 4.24. The van der Waals surface area contributed by atoms with E-state index in [2.05, 4.69) is 0 Å². The van der Waals surface area contributed by atoms with Crippen molar-refractivity contribution in [3.63, 3.8) is 0 Å². The van der Waals surface area contributed by atoms with Gasteiger partial charge in [0, 0.05) is 18.4 Å². The second-order valence-corrected chi connectivity index (χ2v) is 7.58. The van der Waals surface area contributed by atoms with Gasteiger partial charge in [-0.25, -0.2) is 9.69 Å². The standard InChI is InChI=1S/C20H25NO4/c1-14(22)13-16(15-9-7-6-8-10-15)20(5)12-11-17(23)21(20)18(24)25-19(2,3)4/h6-12,16H,13H2,1-5H3/t16-,20+/m1/s1. The largest absolute Gasteiger partial charge is 0.443 e. The van der Waals surface area contributed by atoms with Crippen LogP contribution in [0.15, 0.2) is 42.5 Å². The van der Waals surface area contributed by atoms with Gasteiger partial charge < -0.3 is 9.53 Å². The lowest BCUT2D eigenvalue weighted by Gasteiger charge is -2.40. The van der Waals surface area contributed by atoms with Crippen LogP contribution in [0.5, 0.6) is 0 Å². The molecule has 134 valence electrons. The van der Waals surface area contributed by atoms with Gasteiger partial charge in [-0.2, -0.15) is 0 Å². The number of amides is 2. The molecule has 1 aliphatic heterocycles. The highest BCUT2D eigenvalue weighted by Crippen LogP contribution is 2.41. The van der Waals surface area contributed by atoms with Gasteiger partial charge in [0.1, 0.15) is 11.4 Å². The number of nitrogens with zero attached hydrogens (tertiary/aromatic N) is 1. The number of ether oxygens (including phenoxy) is 1. The number of benzene rings is 1. The minimum absolute atomic E-state index is 0.00744. The number of imide groups is 1. The molecule has 0 saturated carbocycles. The Morgan fingerprint density at radius 3 is 2.32 bits per heavy atom. The number of carbonyl (C=O) groups excluding carboxylic acids is 3. The molecule has 25 heavy (non-hydrogen) atoms. The molecule has 0 fully saturated rings. The first-order chi connectivity index (χ1) is 11.5. The summed E-state index contributed by atoms with van der Waals surface area (Å²) in [7, 11) is 0. The maximum Gasteiger partial charge on any atom is 0.418 e. The van der Waals surface area contributed by atoms with Crippen LogP contribution in [-0.4, -0.2) is 33.8 Å². The van der Waals surface area contributed by atoms with Gasteiger partial charge >= 0.3 is 6.09 Å². The van der Waals surface area contributed by atoms with Crippen molar-refractivity contribution in [2.75, 3.05) is 0 Å². The second kappa shape index (κ2) is 6.82. The highest BCUT2D eigenvalue weighted by atomic mass is 16.6. The van der Waals surface area contributed by atoms with Crippen LogP contribution < -0.4 is 0 Å². The van der Waals surface area contributed by atoms with Crippen molar-refractivity contribution in [3.05, 3.63) is 48.0 Å². The lowest BCUT2D eigenvalue weighted by atomic mass is 9.77. The van der Waals surface area contributed by atoms with E-state index in [1.165, 1.54) is 13.0 Å². The van der Waals surface area contributed by atoms with Gasteiger partial charge in [0.25, 0.3) is 5.91 Å². The van der Waals surface area contributed by atoms with E-state index < -0.39 is 23.1 Å². The van der Waals surface area contributed by atoms with E-state index >= 15 is 0 Å². The number of carbonyl (C=O) groups is 3. The zero-order chi connectivity index (χ0) is 18.8. The van der Waals surface area contributed by atoms with Crippen molar-refractivity contribution in [2.45, 2.75) is 58.1 Å². The Morgan fingerprint density at radius 2 is 1.80 bits per heavy atom. The number of ketones is 1. The predicted molar refractivity (Wildman–Crippen MR) is 95.1 cm³/mol. The molecule has 1 heterocycles. The molecule has 5 nitrogen and oxygen atoms in total. The van der Waals surface area contributed by atoms with Crippen LogP contribution in [-0.2, 0) is 14.3 Å². The molecule has 0 spiro atoms. The highest BCUT2D eigenvalue weighted by molar-refractivity contribution is 6.02. The van der Waals surface area contributed by atoms with Gasteiger partial charge in [-0.3, -0.25) is 4.79 Å². The molecule has 0 unspecified atom stereocenters. The lowest BCUT2D eigenvalue weighted by molar-refractivity contribution is -0.129. The fourth-order valence-electron chi connectivity index (χ4n) is 3.13. The van der Waals surface area contributed by atoms with Crippen molar-refractivity contribution < 1.29 is 19.1 Å². The number of rotatable bonds is 4. The zero-order valence-corrected chi connectivity index (χ0v) is 15.4. The van der Waals surface area contributed by atoms with Gasteiger partial charge in [-0.1, -0.05) is 36.4 Å². The topological polar surface area (TPSA) is 63.7 Å². The summed E-state index contributed by atoms with van der Waals surface area (Å²) in [4.78, 5) is 38.1. The second-order valence-electron chi connectivity index (χ2n) is 7.58. The van der Waals surface area contributed by atoms with Gasteiger partial charge in [0.05, 0.1) is 5.54 Å². The molecule has 0 bridgehead atoms. The Hall–Kier alpha value is -2.43. The molecule has 1 aromatic rings. The van der Waals surface area contributed by atoms with Crippen molar-refractivity contribution in [1.29, 1.82) is 0 Å². The number of hydrogen-bond acceptors (Lipinski definition) is 4. The fraction of sp³-hybridized carbons (Fsp3) is 0.450. The van der Waals surface area contributed by atoms with Crippen LogP contribution >= 0.6 is 0 Å². The van der Waals surface area contributed by atoms with E-state index in [-0.39, 0.29) is 18.1 Å². The summed E-state index contributed by atoms with van der Waals surface area (Å²) in [5.74, 6) is -0.783. The van der Waals surface area contributed by atoms with Gasteiger partial charge in [-0.15, -0.1) is 0 Å². The Kier molecular flexibility index (Phi) is 5.16. The fourth-order valence-corrected chi connectivity index (χ4v) is 3.13. The van der Waals surface area contributed by atoms with E-state index in [9.17, 15) is 14.4 Å². The van der Waals surface area contributed by atoms with E-state index in [1.807, 2.05) is 30.3 Å². The van der Waals surface area contributed by atoms with Gasteiger partial charge in [0.2, 0.25) is 0 Å². The first kappa shape index (κ1) is 18.9. The van der Waals surface area contributed by atoms with Gasteiger partial charge in [0.15, 0.2) is 0 Å². The summed E-state index contributed by atoms with van der Waals surface area (Å²) in [6.45, 7) is 8.55. The highest BCUT2D eigenvalue weighted by Gasteiger charge is 2.49. The summed E-state index contributed by atoms with van der Waals surface area (Å²) >= 11 is 0. The number of hydrogen-bond donors (Lipinski definition) is 0. The molecule has 2 rings (SSSR count). The average molecular weight is 343 g/mol. The molecule has 0 saturated heterocycles. The van der Waals surface area contributed by atoms with Crippen LogP contribution in [0.1, 0.15) is 52.5 Å². The maximum absolute atomic E-state index is 12.7. The summed E-state index contributed by atoms with van der Waals surface area (Å²) in [6, 6.07) is 9.46. The minimum atomic E-state index is -0.966. The smallest absolute Gasteiger partial charge is 0.418 e. The van der Waals surface area contributed by atoms with Crippen LogP contribution in [0.3, 0.4) is 0 Å². The Bertz CT molecular complexity index is 702. The third kappa shape index (κ3) is 4.16. The van der Waals surface area contributed by atoms with Crippen molar-refractivity contribution in [2.24, 2.45) is 0 Å². The normalized spacial score (nSPS) is 21.3. The molecule has 1 aliphatic rings. The Balaban J connectivity index is 2.45. The summed E-state index contributed by atoms with van der Waals surface area (Å²) < 4.78 is 5.42. The SMILES string of the molecule is CC(=O)C[C@H](c1ccccc1)[C@]1(C)C=CC(=O)N1C(=O)OC(C)(C)C. The monoisotopic (exact) mass is 343 g/mol. The summed E-state index contributed by atoms with van der Waals surface area (Å²) in [5, 5.41) is 0. The van der Waals surface area contributed by atoms with E-state index in [0.717, 1.165) is 10.5 Å². The Morgan fingerprint density at radius 1 is 1.20 bits per heavy atom. The first-order valence-electron chi connectivity index (χ1n) is 8.35. The summed E-state index contributed by atoms with van der Waals surface area (Å²) in [6.07, 6.45) is 2.59.